The topological polar surface area (TPSA) is 59.1 Å². The molecule has 14 heavy (non-hydrogen) atoms. The average molecular weight is 217 g/mol. The Hall–Kier alpha value is -1.49. The lowest BCUT2D eigenvalue weighted by Gasteiger charge is -2.04. The number of nitrogens with one attached hydrogen (secondary N) is 1. The van der Waals surface area contributed by atoms with Crippen molar-refractivity contribution in [2.24, 2.45) is 0 Å². The highest BCUT2D eigenvalue weighted by molar-refractivity contribution is 6.32. The van der Waals surface area contributed by atoms with E-state index in [2.05, 4.69) is 10.3 Å². The van der Waals surface area contributed by atoms with Gasteiger partial charge in [0.1, 0.15) is 0 Å². The Morgan fingerprint density at radius 1 is 1.71 bits per heavy atom. The molecule has 4 nitrogen and oxygen atoms in total. The minimum absolute atomic E-state index is 0.0911. The number of aromatic nitrogens is 1. The molecule has 0 aliphatic heterocycles. The van der Waals surface area contributed by atoms with Gasteiger partial charge in [0, 0.05) is 13.1 Å². The normalized spacial score (nSPS) is 9.64. The fourth-order valence-electron chi connectivity index (χ4n) is 0.842. The summed E-state index contributed by atoms with van der Waals surface area (Å²) in [6.45, 7) is 1.20. The van der Waals surface area contributed by atoms with E-state index in [1.165, 1.54) is 6.92 Å². The van der Waals surface area contributed by atoms with Crippen LogP contribution in [0.2, 0.25) is 5.02 Å². The van der Waals surface area contributed by atoms with Gasteiger partial charge in [0.15, 0.2) is 17.9 Å². The predicted octanol–water partition coefficient (Wildman–Crippen LogP) is 1.64. The number of hydrogen-bond donors (Lipinski definition) is 1. The molecule has 1 heterocycles. The van der Waals surface area contributed by atoms with E-state index in [9.17, 15) is 14.0 Å². The molecule has 1 N–H and O–H groups in total. The molecule has 1 aromatic rings. The molecule has 0 aliphatic rings. The summed E-state index contributed by atoms with van der Waals surface area (Å²) < 4.78 is 13.3. The summed E-state index contributed by atoms with van der Waals surface area (Å²) in [6.07, 6.45) is 1.37. The van der Waals surface area contributed by atoms with E-state index in [-0.39, 0.29) is 22.7 Å². The van der Waals surface area contributed by atoms with Crippen molar-refractivity contribution in [1.29, 1.82) is 0 Å². The molecular formula is C8H6ClFN2O2. The van der Waals surface area contributed by atoms with Crippen LogP contribution in [0.15, 0.2) is 6.20 Å². The second-order valence-corrected chi connectivity index (χ2v) is 2.89. The van der Waals surface area contributed by atoms with Crippen molar-refractivity contribution >= 4 is 29.6 Å². The molecule has 0 aromatic carbocycles. The van der Waals surface area contributed by atoms with Gasteiger partial charge in [-0.1, -0.05) is 11.6 Å². The van der Waals surface area contributed by atoms with Crippen LogP contribution >= 0.6 is 11.6 Å². The van der Waals surface area contributed by atoms with E-state index < -0.39 is 11.7 Å². The first-order valence-corrected chi connectivity index (χ1v) is 4.00. The number of amides is 1. The lowest BCUT2D eigenvalue weighted by atomic mass is 10.2. The maximum absolute atomic E-state index is 13.3. The number of carbonyl (C=O) groups excluding carboxylic acids is 2. The van der Waals surface area contributed by atoms with Gasteiger partial charge in [0.2, 0.25) is 5.91 Å². The number of pyridine rings is 1. The molecular weight excluding hydrogens is 211 g/mol. The highest BCUT2D eigenvalue weighted by atomic mass is 35.5. The Kier molecular flexibility index (Phi) is 3.14. The molecule has 74 valence electrons. The quantitative estimate of drug-likeness (QED) is 0.765. The fourth-order valence-corrected chi connectivity index (χ4v) is 1.02. The van der Waals surface area contributed by atoms with Crippen LogP contribution in [0, 0.1) is 5.82 Å². The third kappa shape index (κ3) is 2.05. The van der Waals surface area contributed by atoms with E-state index in [1.807, 2.05) is 0 Å². The van der Waals surface area contributed by atoms with Crippen LogP contribution in [0.4, 0.5) is 10.2 Å². The Labute approximate surface area is 84.1 Å². The van der Waals surface area contributed by atoms with Crippen LogP contribution in [0.3, 0.4) is 0 Å². The van der Waals surface area contributed by atoms with Crippen molar-refractivity contribution in [3.63, 3.8) is 0 Å². The monoisotopic (exact) mass is 216 g/mol. The minimum Gasteiger partial charge on any atom is -0.308 e. The van der Waals surface area contributed by atoms with Crippen molar-refractivity contribution in [3.05, 3.63) is 22.6 Å². The molecule has 0 spiro atoms. The minimum atomic E-state index is -0.928. The maximum atomic E-state index is 13.3. The van der Waals surface area contributed by atoms with Gasteiger partial charge >= 0.3 is 0 Å². The molecule has 0 saturated heterocycles. The first-order chi connectivity index (χ1) is 6.56. The molecule has 1 amide bonds. The highest BCUT2D eigenvalue weighted by Crippen LogP contribution is 2.21. The summed E-state index contributed by atoms with van der Waals surface area (Å²) in [5, 5.41) is 2.04. The molecule has 6 heteroatoms. The zero-order chi connectivity index (χ0) is 10.7. The molecule has 1 rings (SSSR count). The van der Waals surface area contributed by atoms with Crippen molar-refractivity contribution in [2.75, 3.05) is 5.32 Å². The zero-order valence-corrected chi connectivity index (χ0v) is 7.93. The average Bonchev–Trinajstić information content (AvgIpc) is 2.10. The Morgan fingerprint density at radius 2 is 2.36 bits per heavy atom. The van der Waals surface area contributed by atoms with Crippen LogP contribution in [0.1, 0.15) is 17.3 Å². The Bertz CT molecular complexity index is 395. The third-order valence-electron chi connectivity index (χ3n) is 1.42. The number of carbonyl (C=O) groups is 2. The van der Waals surface area contributed by atoms with Crippen LogP contribution in [0.25, 0.3) is 0 Å². The van der Waals surface area contributed by atoms with Crippen molar-refractivity contribution in [2.45, 2.75) is 6.92 Å². The highest BCUT2D eigenvalue weighted by Gasteiger charge is 2.13. The second-order valence-electron chi connectivity index (χ2n) is 2.48. The van der Waals surface area contributed by atoms with Crippen LogP contribution in [-0.4, -0.2) is 17.2 Å². The summed E-state index contributed by atoms with van der Waals surface area (Å²) in [4.78, 5) is 24.6. The van der Waals surface area contributed by atoms with Crippen molar-refractivity contribution < 1.29 is 14.0 Å². The van der Waals surface area contributed by atoms with Crippen molar-refractivity contribution in [1.82, 2.24) is 4.98 Å². The van der Waals surface area contributed by atoms with Gasteiger partial charge in [0.25, 0.3) is 0 Å². The molecule has 0 bridgehead atoms. The van der Waals surface area contributed by atoms with Gasteiger partial charge in [-0.15, -0.1) is 0 Å². The van der Waals surface area contributed by atoms with Crippen molar-refractivity contribution in [3.8, 4) is 0 Å². The number of anilines is 1. The molecule has 0 atom stereocenters. The van der Waals surface area contributed by atoms with Gasteiger partial charge in [-0.3, -0.25) is 9.59 Å². The number of aldehydes is 1. The molecule has 0 fully saturated rings. The summed E-state index contributed by atoms with van der Waals surface area (Å²) in [6, 6.07) is 0. The predicted molar refractivity (Wildman–Crippen MR) is 48.9 cm³/mol. The first kappa shape index (κ1) is 10.6. The maximum Gasteiger partial charge on any atom is 0.222 e. The fraction of sp³-hybridized carbons (Fsp3) is 0.125. The lowest BCUT2D eigenvalue weighted by molar-refractivity contribution is -0.114. The van der Waals surface area contributed by atoms with Gasteiger partial charge in [-0.2, -0.15) is 0 Å². The summed E-state index contributed by atoms with van der Waals surface area (Å²) in [5.41, 5.74) is -0.314. The van der Waals surface area contributed by atoms with E-state index in [1.54, 1.807) is 0 Å². The molecule has 0 radical (unpaired) electrons. The van der Waals surface area contributed by atoms with E-state index in [4.69, 9.17) is 11.6 Å². The SMILES string of the molecule is CC(=O)Nc1ncc(Cl)c(C=O)c1F. The van der Waals surface area contributed by atoms with E-state index in [0.29, 0.717) is 0 Å². The second kappa shape index (κ2) is 4.15. The standard InChI is InChI=1S/C8H6ClFN2O2/c1-4(14)12-8-7(10)5(3-13)6(9)2-11-8/h2-3H,1H3,(H,11,12,14). The van der Waals surface area contributed by atoms with Gasteiger partial charge < -0.3 is 5.32 Å². The van der Waals surface area contributed by atoms with E-state index in [0.717, 1.165) is 6.20 Å². The number of nitrogens with zero attached hydrogens (tertiary/aromatic N) is 1. The number of rotatable bonds is 2. The number of hydrogen-bond acceptors (Lipinski definition) is 3. The Balaban J connectivity index is 3.20. The third-order valence-corrected chi connectivity index (χ3v) is 1.72. The summed E-state index contributed by atoms with van der Waals surface area (Å²) in [7, 11) is 0. The van der Waals surface area contributed by atoms with E-state index >= 15 is 0 Å². The molecule has 0 unspecified atom stereocenters. The largest absolute Gasteiger partial charge is 0.308 e. The van der Waals surface area contributed by atoms with Gasteiger partial charge in [0.05, 0.1) is 10.6 Å². The first-order valence-electron chi connectivity index (χ1n) is 3.63. The molecule has 1 aromatic heterocycles. The molecule has 0 saturated carbocycles. The molecule has 0 aliphatic carbocycles. The lowest BCUT2D eigenvalue weighted by Crippen LogP contribution is -2.10. The summed E-state index contributed by atoms with van der Waals surface area (Å²) >= 11 is 5.49. The Morgan fingerprint density at radius 3 is 2.86 bits per heavy atom. The van der Waals surface area contributed by atoms with Gasteiger partial charge in [-0.25, -0.2) is 9.37 Å². The smallest absolute Gasteiger partial charge is 0.222 e. The van der Waals surface area contributed by atoms with Gasteiger partial charge in [-0.05, 0) is 0 Å². The summed E-state index contributed by atoms with van der Waals surface area (Å²) in [5.74, 6) is -1.71. The van der Waals surface area contributed by atoms with Crippen LogP contribution in [0.5, 0.6) is 0 Å². The van der Waals surface area contributed by atoms with Crippen LogP contribution in [-0.2, 0) is 4.79 Å². The number of halogens is 2. The zero-order valence-electron chi connectivity index (χ0n) is 7.17. The van der Waals surface area contributed by atoms with Crippen LogP contribution < -0.4 is 5.32 Å².